The Bertz CT molecular complexity index is 525. The van der Waals surface area contributed by atoms with E-state index in [1.807, 2.05) is 0 Å². The van der Waals surface area contributed by atoms with Gasteiger partial charge in [0.05, 0.1) is 17.2 Å². The lowest BCUT2D eigenvalue weighted by Crippen LogP contribution is -2.30. The third kappa shape index (κ3) is 3.67. The molecule has 0 heterocycles. The van der Waals surface area contributed by atoms with Gasteiger partial charge in [0, 0.05) is 6.07 Å². The SMILES string of the molecule is CC1CCCC(C)C1COc1cc(F)c(C(N)=O)cc1Cl. The normalized spacial score (nSPS) is 25.6. The number of ether oxygens (including phenoxy) is 1. The summed E-state index contributed by atoms with van der Waals surface area (Å²) in [6.07, 6.45) is 3.64. The van der Waals surface area contributed by atoms with Crippen molar-refractivity contribution in [2.24, 2.45) is 23.5 Å². The van der Waals surface area contributed by atoms with Crippen LogP contribution in [0.4, 0.5) is 4.39 Å². The van der Waals surface area contributed by atoms with E-state index in [2.05, 4.69) is 13.8 Å². The molecule has 3 nitrogen and oxygen atoms in total. The molecule has 1 aliphatic rings. The standard InChI is InChI=1S/C16H21ClFNO2/c1-9-4-3-5-10(2)12(9)8-21-15-7-14(18)11(16(19)20)6-13(15)17/h6-7,9-10,12H,3-5,8H2,1-2H3,(H2,19,20). The zero-order chi connectivity index (χ0) is 15.6. The zero-order valence-corrected chi connectivity index (χ0v) is 13.1. The van der Waals surface area contributed by atoms with Crippen molar-refractivity contribution in [2.45, 2.75) is 33.1 Å². The van der Waals surface area contributed by atoms with Crippen LogP contribution in [0, 0.1) is 23.6 Å². The maximum Gasteiger partial charge on any atom is 0.251 e. The molecule has 21 heavy (non-hydrogen) atoms. The molecule has 0 bridgehead atoms. The Morgan fingerprint density at radius 1 is 1.38 bits per heavy atom. The summed E-state index contributed by atoms with van der Waals surface area (Å²) >= 11 is 6.04. The van der Waals surface area contributed by atoms with Gasteiger partial charge in [-0.25, -0.2) is 4.39 Å². The lowest BCUT2D eigenvalue weighted by atomic mass is 9.74. The van der Waals surface area contributed by atoms with E-state index in [1.165, 1.54) is 25.3 Å². The number of halogens is 2. The van der Waals surface area contributed by atoms with E-state index in [1.54, 1.807) is 0 Å². The van der Waals surface area contributed by atoms with Crippen molar-refractivity contribution in [2.75, 3.05) is 6.61 Å². The van der Waals surface area contributed by atoms with Gasteiger partial charge >= 0.3 is 0 Å². The first-order valence-corrected chi connectivity index (χ1v) is 7.69. The van der Waals surface area contributed by atoms with Crippen molar-refractivity contribution in [3.63, 3.8) is 0 Å². The molecule has 2 rings (SSSR count). The second kappa shape index (κ2) is 6.65. The van der Waals surface area contributed by atoms with E-state index in [0.717, 1.165) is 6.07 Å². The second-order valence-electron chi connectivity index (χ2n) is 5.99. The third-order valence-electron chi connectivity index (χ3n) is 4.50. The highest BCUT2D eigenvalue weighted by Gasteiger charge is 2.28. The number of primary amides is 1. The molecular formula is C16H21ClFNO2. The Kier molecular flexibility index (Phi) is 5.09. The topological polar surface area (TPSA) is 52.3 Å². The van der Waals surface area contributed by atoms with Crippen LogP contribution >= 0.6 is 11.6 Å². The largest absolute Gasteiger partial charge is 0.492 e. The van der Waals surface area contributed by atoms with Crippen molar-refractivity contribution in [3.8, 4) is 5.75 Å². The van der Waals surface area contributed by atoms with Gasteiger partial charge in [0.1, 0.15) is 11.6 Å². The molecule has 1 aliphatic carbocycles. The number of carbonyl (C=O) groups excluding carboxylic acids is 1. The second-order valence-corrected chi connectivity index (χ2v) is 6.39. The van der Waals surface area contributed by atoms with Gasteiger partial charge < -0.3 is 10.5 Å². The van der Waals surface area contributed by atoms with Crippen LogP contribution < -0.4 is 10.5 Å². The molecule has 0 aromatic heterocycles. The van der Waals surface area contributed by atoms with Gasteiger partial charge in [0.15, 0.2) is 0 Å². The molecule has 2 N–H and O–H groups in total. The van der Waals surface area contributed by atoms with Crippen molar-refractivity contribution in [3.05, 3.63) is 28.5 Å². The summed E-state index contributed by atoms with van der Waals surface area (Å²) in [5.41, 5.74) is 4.87. The van der Waals surface area contributed by atoms with E-state index in [4.69, 9.17) is 22.1 Å². The Hall–Kier alpha value is -1.29. The van der Waals surface area contributed by atoms with Crippen LogP contribution in [-0.2, 0) is 0 Å². The first kappa shape index (κ1) is 16.1. The highest BCUT2D eigenvalue weighted by Crippen LogP contribution is 2.36. The number of hydrogen-bond donors (Lipinski definition) is 1. The van der Waals surface area contributed by atoms with E-state index in [9.17, 15) is 9.18 Å². The molecule has 116 valence electrons. The molecule has 0 spiro atoms. The molecule has 0 aliphatic heterocycles. The molecule has 2 atom stereocenters. The molecule has 5 heteroatoms. The fourth-order valence-corrected chi connectivity index (χ4v) is 3.31. The van der Waals surface area contributed by atoms with Gasteiger partial charge in [-0.05, 0) is 23.8 Å². The minimum atomic E-state index is -0.838. The fraction of sp³-hybridized carbons (Fsp3) is 0.562. The number of benzene rings is 1. The van der Waals surface area contributed by atoms with Crippen molar-refractivity contribution >= 4 is 17.5 Å². The smallest absolute Gasteiger partial charge is 0.251 e. The predicted molar refractivity (Wildman–Crippen MR) is 81.1 cm³/mol. The van der Waals surface area contributed by atoms with E-state index in [0.29, 0.717) is 24.4 Å². The Morgan fingerprint density at radius 3 is 2.57 bits per heavy atom. The van der Waals surface area contributed by atoms with Gasteiger partial charge in [0.2, 0.25) is 0 Å². The summed E-state index contributed by atoms with van der Waals surface area (Å²) in [6.45, 7) is 4.96. The Balaban J connectivity index is 2.09. The van der Waals surface area contributed by atoms with Gasteiger partial charge in [-0.15, -0.1) is 0 Å². The molecule has 0 saturated heterocycles. The summed E-state index contributed by atoms with van der Waals surface area (Å²) in [7, 11) is 0. The fourth-order valence-electron chi connectivity index (χ4n) is 3.09. The van der Waals surface area contributed by atoms with E-state index >= 15 is 0 Å². The van der Waals surface area contributed by atoms with Crippen molar-refractivity contribution in [1.82, 2.24) is 0 Å². The molecule has 2 unspecified atom stereocenters. The summed E-state index contributed by atoms with van der Waals surface area (Å²) in [5.74, 6) is 0.337. The minimum Gasteiger partial charge on any atom is -0.492 e. The molecular weight excluding hydrogens is 293 g/mol. The van der Waals surface area contributed by atoms with Crippen LogP contribution in [0.3, 0.4) is 0 Å². The Labute approximate surface area is 129 Å². The molecule has 1 fully saturated rings. The van der Waals surface area contributed by atoms with Gasteiger partial charge in [-0.3, -0.25) is 4.79 Å². The lowest BCUT2D eigenvalue weighted by molar-refractivity contribution is 0.0996. The Morgan fingerprint density at radius 2 is 2.00 bits per heavy atom. The zero-order valence-electron chi connectivity index (χ0n) is 12.4. The van der Waals surface area contributed by atoms with Crippen LogP contribution in [-0.4, -0.2) is 12.5 Å². The third-order valence-corrected chi connectivity index (χ3v) is 4.79. The van der Waals surface area contributed by atoms with Crippen LogP contribution in [0.5, 0.6) is 5.75 Å². The number of amides is 1. The molecule has 1 aromatic carbocycles. The lowest BCUT2D eigenvalue weighted by Gasteiger charge is -2.34. The van der Waals surface area contributed by atoms with Crippen LogP contribution in [0.15, 0.2) is 12.1 Å². The van der Waals surface area contributed by atoms with Crippen LogP contribution in [0.1, 0.15) is 43.5 Å². The highest BCUT2D eigenvalue weighted by molar-refractivity contribution is 6.32. The summed E-state index contributed by atoms with van der Waals surface area (Å²) < 4.78 is 19.5. The van der Waals surface area contributed by atoms with Crippen molar-refractivity contribution < 1.29 is 13.9 Å². The molecule has 1 aromatic rings. The number of hydrogen-bond acceptors (Lipinski definition) is 2. The van der Waals surface area contributed by atoms with Crippen LogP contribution in [0.2, 0.25) is 5.02 Å². The highest BCUT2D eigenvalue weighted by atomic mass is 35.5. The summed E-state index contributed by atoms with van der Waals surface area (Å²) in [6, 6.07) is 2.36. The predicted octanol–water partition coefficient (Wildman–Crippen LogP) is 4.03. The minimum absolute atomic E-state index is 0.210. The maximum atomic E-state index is 13.8. The van der Waals surface area contributed by atoms with Gasteiger partial charge in [-0.2, -0.15) is 0 Å². The summed E-state index contributed by atoms with van der Waals surface area (Å²) in [4.78, 5) is 11.1. The average Bonchev–Trinajstić information content (AvgIpc) is 2.41. The molecule has 0 radical (unpaired) electrons. The quantitative estimate of drug-likeness (QED) is 0.912. The van der Waals surface area contributed by atoms with Gasteiger partial charge in [-0.1, -0.05) is 44.7 Å². The first-order chi connectivity index (χ1) is 9.90. The number of carbonyl (C=O) groups is 1. The molecule has 1 amide bonds. The van der Waals surface area contributed by atoms with Crippen molar-refractivity contribution in [1.29, 1.82) is 0 Å². The average molecular weight is 314 g/mol. The maximum absolute atomic E-state index is 13.8. The van der Waals surface area contributed by atoms with Crippen LogP contribution in [0.25, 0.3) is 0 Å². The molecule has 1 saturated carbocycles. The number of nitrogens with two attached hydrogens (primary N) is 1. The van der Waals surface area contributed by atoms with E-state index in [-0.39, 0.29) is 16.3 Å². The summed E-state index contributed by atoms with van der Waals surface area (Å²) in [5, 5.41) is 0.210. The van der Waals surface area contributed by atoms with Gasteiger partial charge in [0.25, 0.3) is 5.91 Å². The first-order valence-electron chi connectivity index (χ1n) is 7.31. The van der Waals surface area contributed by atoms with E-state index < -0.39 is 11.7 Å². The number of rotatable bonds is 4. The monoisotopic (exact) mass is 313 g/mol.